The van der Waals surface area contributed by atoms with E-state index in [2.05, 4.69) is 39.1 Å². The van der Waals surface area contributed by atoms with E-state index in [0.717, 1.165) is 45.6 Å². The summed E-state index contributed by atoms with van der Waals surface area (Å²) >= 11 is 0. The van der Waals surface area contributed by atoms with E-state index in [1.54, 1.807) is 0 Å². The van der Waals surface area contributed by atoms with Gasteiger partial charge in [0.2, 0.25) is 11.2 Å². The maximum absolute atomic E-state index is 15.0. The summed E-state index contributed by atoms with van der Waals surface area (Å²) in [5.41, 5.74) is 0.0874. The summed E-state index contributed by atoms with van der Waals surface area (Å²) in [6.07, 6.45) is 4.94. The second-order valence-electron chi connectivity index (χ2n) is 16.8. The minimum absolute atomic E-state index is 0.213. The minimum Gasteiger partial charge on any atom is -0.490 e. The van der Waals surface area contributed by atoms with Gasteiger partial charge in [-0.2, -0.15) is 0 Å². The van der Waals surface area contributed by atoms with E-state index < -0.39 is 40.8 Å². The number of allylic oxidation sites excluding steroid dienone is 2. The van der Waals surface area contributed by atoms with Crippen LogP contribution in [0.15, 0.2) is 119 Å². The van der Waals surface area contributed by atoms with Crippen molar-refractivity contribution in [3.8, 4) is 11.1 Å². The van der Waals surface area contributed by atoms with Crippen molar-refractivity contribution < 1.29 is 47.5 Å². The summed E-state index contributed by atoms with van der Waals surface area (Å²) in [6.45, 7) is 29.9. The SMILES string of the molecule is C=CC(=O)OC1(C2(C3(OC(=O)C=C)C(OCCC)=C(OCCC)C(C)=C(CC)C3OCCC)c3ccccc3-c3ccccc32)C(OCCC)=C(OCCC)C(C)=C(CC)C1OCCC. The Hall–Kier alpha value is -5.06. The Labute approximate surface area is 388 Å². The quantitative estimate of drug-likeness (QED) is 0.0669. The molecule has 0 radical (unpaired) electrons. The Bertz CT molecular complexity index is 2010. The Balaban J connectivity index is 2.35. The van der Waals surface area contributed by atoms with Crippen LogP contribution in [0.2, 0.25) is 0 Å². The Kier molecular flexibility index (Phi) is 17.9. The summed E-state index contributed by atoms with van der Waals surface area (Å²) in [4.78, 5) is 30.1. The largest absolute Gasteiger partial charge is 0.490 e. The van der Waals surface area contributed by atoms with Crippen LogP contribution in [0.5, 0.6) is 0 Å². The van der Waals surface area contributed by atoms with Crippen LogP contribution in [0, 0.1) is 0 Å². The van der Waals surface area contributed by atoms with Crippen molar-refractivity contribution in [2.75, 3.05) is 39.6 Å². The van der Waals surface area contributed by atoms with E-state index in [0.29, 0.717) is 87.2 Å². The van der Waals surface area contributed by atoms with Crippen LogP contribution in [0.25, 0.3) is 11.1 Å². The van der Waals surface area contributed by atoms with Crippen LogP contribution in [-0.4, -0.2) is 75.0 Å². The van der Waals surface area contributed by atoms with Crippen LogP contribution < -0.4 is 0 Å². The number of carbonyl (C=O) groups is 2. The fourth-order valence-corrected chi connectivity index (χ4v) is 10.2. The first-order chi connectivity index (χ1) is 31.5. The highest BCUT2D eigenvalue weighted by Gasteiger charge is 2.82. The second-order valence-corrected chi connectivity index (χ2v) is 16.8. The predicted molar refractivity (Wildman–Crippen MR) is 256 cm³/mol. The summed E-state index contributed by atoms with van der Waals surface area (Å²) in [5.74, 6) is -0.217. The molecule has 5 rings (SSSR count). The summed E-state index contributed by atoms with van der Waals surface area (Å²) in [6, 6.07) is 16.0. The first kappa shape index (κ1) is 50.9. The van der Waals surface area contributed by atoms with E-state index >= 15 is 9.59 Å². The minimum atomic E-state index is -2.12. The van der Waals surface area contributed by atoms with Gasteiger partial charge >= 0.3 is 11.9 Å². The number of esters is 2. The molecule has 0 N–H and O–H groups in total. The lowest BCUT2D eigenvalue weighted by atomic mass is 9.48. The average Bonchev–Trinajstić information content (AvgIpc) is 3.63. The molecule has 0 aromatic heterocycles. The van der Waals surface area contributed by atoms with E-state index in [-0.39, 0.29) is 37.9 Å². The molecule has 2 aromatic carbocycles. The third kappa shape index (κ3) is 8.61. The van der Waals surface area contributed by atoms with Gasteiger partial charge in [-0.3, -0.25) is 0 Å². The lowest BCUT2D eigenvalue weighted by Crippen LogP contribution is -2.78. The summed E-state index contributed by atoms with van der Waals surface area (Å²) in [7, 11) is 0. The molecule has 3 aliphatic carbocycles. The topological polar surface area (TPSA) is 108 Å². The van der Waals surface area contributed by atoms with Gasteiger partial charge < -0.3 is 37.9 Å². The van der Waals surface area contributed by atoms with Gasteiger partial charge in [-0.05, 0) is 110 Å². The van der Waals surface area contributed by atoms with Crippen molar-refractivity contribution in [1.82, 2.24) is 0 Å². The molecule has 0 aliphatic heterocycles. The third-order valence-corrected chi connectivity index (χ3v) is 12.6. The molecule has 0 saturated heterocycles. The molecule has 2 aromatic rings. The van der Waals surface area contributed by atoms with Gasteiger partial charge in [-0.1, -0.05) is 117 Å². The van der Waals surface area contributed by atoms with Gasteiger partial charge in [0.25, 0.3) is 0 Å². The van der Waals surface area contributed by atoms with Crippen molar-refractivity contribution in [1.29, 1.82) is 0 Å². The lowest BCUT2D eigenvalue weighted by Gasteiger charge is -2.62. The van der Waals surface area contributed by atoms with Crippen molar-refractivity contribution >= 4 is 11.9 Å². The fourth-order valence-electron chi connectivity index (χ4n) is 10.2. The van der Waals surface area contributed by atoms with Crippen LogP contribution in [0.3, 0.4) is 0 Å². The Morgan fingerprint density at radius 3 is 1.18 bits per heavy atom. The van der Waals surface area contributed by atoms with Crippen molar-refractivity contribution in [2.45, 2.75) is 149 Å². The molecule has 4 unspecified atom stereocenters. The zero-order valence-corrected chi connectivity index (χ0v) is 40.8. The first-order valence-electron chi connectivity index (χ1n) is 24.1. The number of benzene rings is 2. The number of hydrogen-bond donors (Lipinski definition) is 0. The normalized spacial score (nSPS) is 22.3. The predicted octanol–water partition coefficient (Wildman–Crippen LogP) is 12.1. The molecule has 354 valence electrons. The standard InChI is InChI=1S/C55H74O10/c1-13-31-58-47-37(11)39(19-7)49(60-33-15-3)54(64-45(56)21-9,51(47)62-35-17-5)53(43-29-25-23-27-41(43)42-28-24-26-30-44(42)53)55(65-46(57)22-10)50(61-34-16-4)40(20-8)38(12)48(59-32-14-2)52(55)63-36-18-6/h21-30,49-50H,9-10,13-20,31-36H2,1-8,11-12H3. The Morgan fingerprint density at radius 2 is 0.862 bits per heavy atom. The van der Waals surface area contributed by atoms with Gasteiger partial charge in [-0.25, -0.2) is 9.59 Å². The van der Waals surface area contributed by atoms with E-state index in [1.807, 2.05) is 91.8 Å². The molecule has 3 aliphatic rings. The Morgan fingerprint density at radius 1 is 0.523 bits per heavy atom. The molecule has 10 heteroatoms. The molecular formula is C55H74O10. The monoisotopic (exact) mass is 895 g/mol. The number of fused-ring (bicyclic) bond motifs is 3. The fraction of sp³-hybridized carbons (Fsp3) is 0.527. The van der Waals surface area contributed by atoms with Gasteiger partial charge in [0, 0.05) is 25.4 Å². The smallest absolute Gasteiger partial charge is 0.331 e. The zero-order valence-electron chi connectivity index (χ0n) is 40.8. The molecule has 0 heterocycles. The molecule has 4 atom stereocenters. The van der Waals surface area contributed by atoms with Gasteiger partial charge in [-0.15, -0.1) is 0 Å². The van der Waals surface area contributed by atoms with Crippen molar-refractivity contribution in [2.24, 2.45) is 0 Å². The molecule has 0 amide bonds. The molecule has 0 fully saturated rings. The van der Waals surface area contributed by atoms with Crippen LogP contribution in [-0.2, 0) is 52.9 Å². The third-order valence-electron chi connectivity index (χ3n) is 12.6. The highest BCUT2D eigenvalue weighted by atomic mass is 16.6. The van der Waals surface area contributed by atoms with Crippen LogP contribution in [0.4, 0.5) is 0 Å². The number of rotatable bonds is 26. The van der Waals surface area contributed by atoms with E-state index in [4.69, 9.17) is 37.9 Å². The van der Waals surface area contributed by atoms with Gasteiger partial charge in [0.15, 0.2) is 23.0 Å². The molecular weight excluding hydrogens is 821 g/mol. The molecule has 0 bridgehead atoms. The summed E-state index contributed by atoms with van der Waals surface area (Å²) in [5, 5.41) is 0. The maximum Gasteiger partial charge on any atom is 0.331 e. The first-order valence-corrected chi connectivity index (χ1v) is 24.1. The highest BCUT2D eigenvalue weighted by molar-refractivity contribution is 5.89. The van der Waals surface area contributed by atoms with Crippen molar-refractivity contribution in [3.63, 3.8) is 0 Å². The average molecular weight is 895 g/mol. The van der Waals surface area contributed by atoms with E-state index in [9.17, 15) is 0 Å². The zero-order chi connectivity index (χ0) is 47.4. The molecule has 0 saturated carbocycles. The van der Waals surface area contributed by atoms with Crippen molar-refractivity contribution in [3.05, 3.63) is 130 Å². The molecule has 0 spiro atoms. The second kappa shape index (κ2) is 22.9. The highest BCUT2D eigenvalue weighted by Crippen LogP contribution is 2.70. The van der Waals surface area contributed by atoms with Gasteiger partial charge in [0.1, 0.15) is 17.6 Å². The number of ether oxygens (including phenoxy) is 8. The number of hydrogen-bond acceptors (Lipinski definition) is 10. The van der Waals surface area contributed by atoms with Crippen LogP contribution in [0.1, 0.15) is 132 Å². The van der Waals surface area contributed by atoms with E-state index in [1.165, 1.54) is 0 Å². The maximum atomic E-state index is 15.0. The summed E-state index contributed by atoms with van der Waals surface area (Å²) < 4.78 is 57.9. The molecule has 10 nitrogen and oxygen atoms in total. The van der Waals surface area contributed by atoms with Gasteiger partial charge in [0.05, 0.1) is 26.4 Å². The number of carbonyl (C=O) groups excluding carboxylic acids is 2. The molecule has 65 heavy (non-hydrogen) atoms. The lowest BCUT2D eigenvalue weighted by molar-refractivity contribution is -0.237. The van der Waals surface area contributed by atoms with Crippen LogP contribution >= 0.6 is 0 Å².